The molecule has 1 aromatic rings. The van der Waals surface area contributed by atoms with Crippen LogP contribution in [0.1, 0.15) is 24.3 Å². The number of nitro benzene ring substituents is 1. The molecule has 106 valence electrons. The third-order valence-corrected chi connectivity index (χ3v) is 4.36. The van der Waals surface area contributed by atoms with Crippen LogP contribution in [0.4, 0.5) is 11.4 Å². The fraction of sp³-hybridized carbons (Fsp3) is 0.500. The maximum Gasteiger partial charge on any atom is 0.269 e. The smallest absolute Gasteiger partial charge is 0.269 e. The fourth-order valence-electron chi connectivity index (χ4n) is 3.22. The molecule has 1 fully saturated rings. The van der Waals surface area contributed by atoms with Gasteiger partial charge in [-0.05, 0) is 50.5 Å². The number of carbonyl (C=O) groups excluding carboxylic acids is 1. The molecule has 2 heterocycles. The second-order valence-electron chi connectivity index (χ2n) is 5.64. The maximum absolute atomic E-state index is 12.2. The number of anilines is 1. The average molecular weight is 275 g/mol. The Kier molecular flexibility index (Phi) is 3.17. The zero-order valence-corrected chi connectivity index (χ0v) is 11.3. The molecule has 3 rings (SSSR count). The molecule has 0 bridgehead atoms. The number of hydrogen-bond acceptors (Lipinski definition) is 4. The first-order chi connectivity index (χ1) is 9.56. The van der Waals surface area contributed by atoms with E-state index in [1.165, 1.54) is 6.07 Å². The van der Waals surface area contributed by atoms with Gasteiger partial charge in [0, 0.05) is 17.8 Å². The second kappa shape index (κ2) is 4.86. The van der Waals surface area contributed by atoms with E-state index in [1.807, 2.05) is 0 Å². The lowest BCUT2D eigenvalue weighted by Gasteiger charge is -2.31. The van der Waals surface area contributed by atoms with Gasteiger partial charge in [0.15, 0.2) is 0 Å². The number of fused-ring (bicyclic) bond motifs is 1. The van der Waals surface area contributed by atoms with Crippen molar-refractivity contribution >= 4 is 17.3 Å². The zero-order valence-electron chi connectivity index (χ0n) is 11.3. The van der Waals surface area contributed by atoms with Crippen LogP contribution in [0.25, 0.3) is 0 Å². The van der Waals surface area contributed by atoms with Crippen molar-refractivity contribution in [2.24, 2.45) is 5.92 Å². The van der Waals surface area contributed by atoms with Gasteiger partial charge in [-0.1, -0.05) is 0 Å². The van der Waals surface area contributed by atoms with Crippen LogP contribution in [-0.4, -0.2) is 35.9 Å². The number of nitrogens with zero attached hydrogens (tertiary/aromatic N) is 2. The number of hydrogen-bond donors (Lipinski definition) is 1. The van der Waals surface area contributed by atoms with Crippen molar-refractivity contribution in [1.82, 2.24) is 4.90 Å². The molecule has 1 atom stereocenters. The van der Waals surface area contributed by atoms with Crippen molar-refractivity contribution in [3.8, 4) is 0 Å². The Morgan fingerprint density at radius 1 is 1.35 bits per heavy atom. The standard InChI is InChI=1S/C14H17N3O3/c1-16-6-4-9(5-7-16)13-11-8-10(17(19)20)2-3-12(11)15-14(13)18/h2-3,8-9,13H,4-7H2,1H3,(H,15,18). The summed E-state index contributed by atoms with van der Waals surface area (Å²) < 4.78 is 0. The van der Waals surface area contributed by atoms with E-state index in [1.54, 1.807) is 12.1 Å². The van der Waals surface area contributed by atoms with Crippen LogP contribution in [-0.2, 0) is 4.79 Å². The third kappa shape index (κ3) is 2.16. The summed E-state index contributed by atoms with van der Waals surface area (Å²) in [4.78, 5) is 24.9. The van der Waals surface area contributed by atoms with Gasteiger partial charge in [-0.25, -0.2) is 0 Å². The lowest BCUT2D eigenvalue weighted by Crippen LogP contribution is -2.34. The molecule has 0 saturated carbocycles. The number of amides is 1. The quantitative estimate of drug-likeness (QED) is 0.661. The molecule has 0 aliphatic carbocycles. The van der Waals surface area contributed by atoms with Gasteiger partial charge in [0.1, 0.15) is 0 Å². The van der Waals surface area contributed by atoms with E-state index in [-0.39, 0.29) is 23.4 Å². The highest BCUT2D eigenvalue weighted by atomic mass is 16.6. The molecule has 1 N–H and O–H groups in total. The molecular formula is C14H17N3O3. The van der Waals surface area contributed by atoms with E-state index in [2.05, 4.69) is 17.3 Å². The van der Waals surface area contributed by atoms with Crippen LogP contribution in [0.3, 0.4) is 0 Å². The molecule has 0 radical (unpaired) electrons. The minimum atomic E-state index is -0.408. The number of piperidine rings is 1. The minimum Gasteiger partial charge on any atom is -0.325 e. The Morgan fingerprint density at radius 2 is 2.05 bits per heavy atom. The molecule has 6 nitrogen and oxygen atoms in total. The van der Waals surface area contributed by atoms with Crippen molar-refractivity contribution < 1.29 is 9.72 Å². The molecule has 6 heteroatoms. The number of non-ortho nitro benzene ring substituents is 1. The summed E-state index contributed by atoms with van der Waals surface area (Å²) in [7, 11) is 2.07. The van der Waals surface area contributed by atoms with Gasteiger partial charge in [-0.2, -0.15) is 0 Å². The van der Waals surface area contributed by atoms with Gasteiger partial charge in [0.05, 0.1) is 10.8 Å². The van der Waals surface area contributed by atoms with Gasteiger partial charge < -0.3 is 10.2 Å². The van der Waals surface area contributed by atoms with E-state index < -0.39 is 4.92 Å². The Hall–Kier alpha value is -1.95. The van der Waals surface area contributed by atoms with E-state index in [4.69, 9.17) is 0 Å². The first kappa shape index (κ1) is 13.1. The van der Waals surface area contributed by atoms with Gasteiger partial charge in [0.2, 0.25) is 5.91 Å². The van der Waals surface area contributed by atoms with Crippen molar-refractivity contribution in [1.29, 1.82) is 0 Å². The topological polar surface area (TPSA) is 75.5 Å². The summed E-state index contributed by atoms with van der Waals surface area (Å²) in [6.07, 6.45) is 1.91. The SMILES string of the molecule is CN1CCC(C2C(=O)Nc3ccc([N+](=O)[O-])cc32)CC1. The van der Waals surface area contributed by atoms with Crippen LogP contribution in [0, 0.1) is 16.0 Å². The lowest BCUT2D eigenvalue weighted by molar-refractivity contribution is -0.384. The Balaban J connectivity index is 1.92. The number of benzene rings is 1. The molecule has 0 spiro atoms. The van der Waals surface area contributed by atoms with E-state index in [0.717, 1.165) is 37.2 Å². The molecule has 2 aliphatic heterocycles. The van der Waals surface area contributed by atoms with Crippen molar-refractivity contribution in [2.75, 3.05) is 25.5 Å². The predicted molar refractivity (Wildman–Crippen MR) is 74.7 cm³/mol. The molecule has 1 amide bonds. The predicted octanol–water partition coefficient (Wildman–Crippen LogP) is 1.97. The largest absolute Gasteiger partial charge is 0.325 e. The van der Waals surface area contributed by atoms with Gasteiger partial charge in [-0.15, -0.1) is 0 Å². The van der Waals surface area contributed by atoms with Gasteiger partial charge >= 0.3 is 0 Å². The van der Waals surface area contributed by atoms with Crippen LogP contribution in [0.15, 0.2) is 18.2 Å². The number of nitro groups is 1. The summed E-state index contributed by atoms with van der Waals surface area (Å²) >= 11 is 0. The first-order valence-electron chi connectivity index (χ1n) is 6.84. The lowest BCUT2D eigenvalue weighted by atomic mass is 9.81. The van der Waals surface area contributed by atoms with Crippen LogP contribution in [0.5, 0.6) is 0 Å². The third-order valence-electron chi connectivity index (χ3n) is 4.36. The highest BCUT2D eigenvalue weighted by molar-refractivity contribution is 6.03. The summed E-state index contributed by atoms with van der Waals surface area (Å²) in [6.45, 7) is 1.94. The van der Waals surface area contributed by atoms with Crippen molar-refractivity contribution in [3.63, 3.8) is 0 Å². The Bertz CT molecular complexity index is 565. The fourth-order valence-corrected chi connectivity index (χ4v) is 3.22. The summed E-state index contributed by atoms with van der Waals surface area (Å²) in [6, 6.07) is 4.63. The zero-order chi connectivity index (χ0) is 14.3. The highest BCUT2D eigenvalue weighted by Crippen LogP contribution is 2.42. The average Bonchev–Trinajstić information content (AvgIpc) is 2.75. The van der Waals surface area contributed by atoms with Gasteiger partial charge in [0.25, 0.3) is 5.69 Å². The Morgan fingerprint density at radius 3 is 2.70 bits per heavy atom. The first-order valence-corrected chi connectivity index (χ1v) is 6.84. The van der Waals surface area contributed by atoms with Crippen molar-refractivity contribution in [3.05, 3.63) is 33.9 Å². The van der Waals surface area contributed by atoms with Crippen LogP contribution >= 0.6 is 0 Å². The summed E-state index contributed by atoms with van der Waals surface area (Å²) in [5.41, 5.74) is 1.57. The Labute approximate surface area is 116 Å². The summed E-state index contributed by atoms with van der Waals surface area (Å²) in [5, 5.41) is 13.7. The van der Waals surface area contributed by atoms with Crippen LogP contribution < -0.4 is 5.32 Å². The van der Waals surface area contributed by atoms with E-state index in [0.29, 0.717) is 0 Å². The molecular weight excluding hydrogens is 258 g/mol. The van der Waals surface area contributed by atoms with Gasteiger partial charge in [-0.3, -0.25) is 14.9 Å². The molecule has 1 unspecified atom stereocenters. The van der Waals surface area contributed by atoms with E-state index >= 15 is 0 Å². The molecule has 1 saturated heterocycles. The van der Waals surface area contributed by atoms with Crippen LogP contribution in [0.2, 0.25) is 0 Å². The highest BCUT2D eigenvalue weighted by Gasteiger charge is 2.38. The number of likely N-dealkylation sites (tertiary alicyclic amines) is 1. The van der Waals surface area contributed by atoms with Crippen molar-refractivity contribution in [2.45, 2.75) is 18.8 Å². The number of nitrogens with one attached hydrogen (secondary N) is 1. The molecule has 0 aromatic heterocycles. The monoisotopic (exact) mass is 275 g/mol. The minimum absolute atomic E-state index is 0.0185. The number of rotatable bonds is 2. The van der Waals surface area contributed by atoms with E-state index in [9.17, 15) is 14.9 Å². The molecule has 1 aromatic carbocycles. The maximum atomic E-state index is 12.2. The molecule has 20 heavy (non-hydrogen) atoms. The second-order valence-corrected chi connectivity index (χ2v) is 5.64. The summed E-state index contributed by atoms with van der Waals surface area (Å²) in [5.74, 6) is 0.0168. The normalized spacial score (nSPS) is 23.4. The number of carbonyl (C=O) groups is 1. The molecule has 2 aliphatic rings.